The molecule has 0 saturated carbocycles. The standard InChI is InChI=1S/C15H21N3O3S/c19-14(13-4-1-9-21-13)17-5-7-18(8-6-17)15(20)16-11-12-3-2-10-22-12/h2-3,10,13H,1,4-9,11H2,(H,16,20). The molecule has 0 bridgehead atoms. The lowest BCUT2D eigenvalue weighted by Gasteiger charge is -2.35. The van der Waals surface area contributed by atoms with Gasteiger partial charge in [0.05, 0.1) is 6.54 Å². The van der Waals surface area contributed by atoms with Gasteiger partial charge in [-0.25, -0.2) is 4.79 Å². The number of rotatable bonds is 3. The molecule has 0 aromatic carbocycles. The van der Waals surface area contributed by atoms with Gasteiger partial charge in [-0.1, -0.05) is 6.07 Å². The maximum Gasteiger partial charge on any atom is 0.317 e. The highest BCUT2D eigenvalue weighted by Gasteiger charge is 2.31. The first-order valence-corrected chi connectivity index (χ1v) is 8.57. The van der Waals surface area contributed by atoms with Crippen LogP contribution in [0.1, 0.15) is 17.7 Å². The molecule has 0 spiro atoms. The number of ether oxygens (including phenoxy) is 1. The summed E-state index contributed by atoms with van der Waals surface area (Å²) in [6, 6.07) is 3.92. The third-order valence-electron chi connectivity index (χ3n) is 4.08. The molecule has 6 nitrogen and oxygen atoms in total. The van der Waals surface area contributed by atoms with E-state index in [1.54, 1.807) is 16.2 Å². The van der Waals surface area contributed by atoms with Crippen molar-refractivity contribution in [2.45, 2.75) is 25.5 Å². The van der Waals surface area contributed by atoms with Gasteiger partial charge in [-0.15, -0.1) is 11.3 Å². The minimum atomic E-state index is -0.265. The molecule has 1 aromatic heterocycles. The summed E-state index contributed by atoms with van der Waals surface area (Å²) < 4.78 is 5.44. The molecule has 2 fully saturated rings. The predicted molar refractivity (Wildman–Crippen MR) is 83.7 cm³/mol. The van der Waals surface area contributed by atoms with E-state index in [0.29, 0.717) is 39.3 Å². The molecule has 1 atom stereocenters. The van der Waals surface area contributed by atoms with Gasteiger partial charge in [0.1, 0.15) is 6.10 Å². The molecule has 22 heavy (non-hydrogen) atoms. The summed E-state index contributed by atoms with van der Waals surface area (Å²) in [7, 11) is 0. The molecular weight excluding hydrogens is 302 g/mol. The van der Waals surface area contributed by atoms with E-state index in [4.69, 9.17) is 4.74 Å². The lowest BCUT2D eigenvalue weighted by atomic mass is 10.2. The second-order valence-corrected chi connectivity index (χ2v) is 6.58. The number of hydrogen-bond acceptors (Lipinski definition) is 4. The number of nitrogens with zero attached hydrogens (tertiary/aromatic N) is 2. The minimum absolute atomic E-state index is 0.0578. The van der Waals surface area contributed by atoms with Crippen molar-refractivity contribution >= 4 is 23.3 Å². The van der Waals surface area contributed by atoms with Gasteiger partial charge in [-0.2, -0.15) is 0 Å². The maximum atomic E-state index is 12.2. The van der Waals surface area contributed by atoms with E-state index in [2.05, 4.69) is 5.32 Å². The Morgan fingerprint density at radius 1 is 1.27 bits per heavy atom. The average molecular weight is 323 g/mol. The number of thiophene rings is 1. The molecule has 2 aliphatic rings. The lowest BCUT2D eigenvalue weighted by molar-refractivity contribution is -0.142. The van der Waals surface area contributed by atoms with Crippen LogP contribution in [0.3, 0.4) is 0 Å². The molecule has 1 aromatic rings. The van der Waals surface area contributed by atoms with Crippen LogP contribution < -0.4 is 5.32 Å². The Morgan fingerprint density at radius 3 is 2.68 bits per heavy atom. The Labute approximate surface area is 134 Å². The smallest absolute Gasteiger partial charge is 0.317 e. The van der Waals surface area contributed by atoms with Crippen LogP contribution in [0.2, 0.25) is 0 Å². The van der Waals surface area contributed by atoms with Crippen molar-refractivity contribution in [3.05, 3.63) is 22.4 Å². The predicted octanol–water partition coefficient (Wildman–Crippen LogP) is 1.28. The van der Waals surface area contributed by atoms with Crippen LogP contribution >= 0.6 is 11.3 Å². The van der Waals surface area contributed by atoms with E-state index < -0.39 is 0 Å². The van der Waals surface area contributed by atoms with Crippen LogP contribution in [-0.2, 0) is 16.1 Å². The summed E-state index contributed by atoms with van der Waals surface area (Å²) in [5, 5.41) is 4.92. The fourth-order valence-electron chi connectivity index (χ4n) is 2.79. The molecule has 2 saturated heterocycles. The Kier molecular flexibility index (Phi) is 4.94. The van der Waals surface area contributed by atoms with Gasteiger partial charge < -0.3 is 19.9 Å². The van der Waals surface area contributed by atoms with Gasteiger partial charge in [-0.05, 0) is 24.3 Å². The highest BCUT2D eigenvalue weighted by molar-refractivity contribution is 7.09. The Hall–Kier alpha value is -1.60. The third-order valence-corrected chi connectivity index (χ3v) is 4.95. The highest BCUT2D eigenvalue weighted by atomic mass is 32.1. The van der Waals surface area contributed by atoms with Crippen molar-refractivity contribution in [3.8, 4) is 0 Å². The van der Waals surface area contributed by atoms with Crippen LogP contribution in [0.15, 0.2) is 17.5 Å². The topological polar surface area (TPSA) is 61.9 Å². The SMILES string of the molecule is O=C(NCc1cccs1)N1CCN(C(=O)C2CCCO2)CC1. The van der Waals surface area contributed by atoms with Gasteiger partial charge in [0, 0.05) is 37.7 Å². The van der Waals surface area contributed by atoms with Gasteiger partial charge in [0.25, 0.3) is 5.91 Å². The molecule has 120 valence electrons. The first kappa shape index (κ1) is 15.3. The summed E-state index contributed by atoms with van der Waals surface area (Å²) in [5.74, 6) is 0.0798. The van der Waals surface area contributed by atoms with Crippen LogP contribution in [0.25, 0.3) is 0 Å². The van der Waals surface area contributed by atoms with Crippen LogP contribution in [0, 0.1) is 0 Å². The molecule has 1 N–H and O–H groups in total. The summed E-state index contributed by atoms with van der Waals surface area (Å²) >= 11 is 1.63. The average Bonchev–Trinajstić information content (AvgIpc) is 3.25. The van der Waals surface area contributed by atoms with Crippen molar-refractivity contribution in [3.63, 3.8) is 0 Å². The number of piperazine rings is 1. The summed E-state index contributed by atoms with van der Waals surface area (Å²) in [6.07, 6.45) is 1.51. The monoisotopic (exact) mass is 323 g/mol. The summed E-state index contributed by atoms with van der Waals surface area (Å²) in [4.78, 5) is 29.1. The zero-order valence-electron chi connectivity index (χ0n) is 12.5. The van der Waals surface area contributed by atoms with E-state index in [0.717, 1.165) is 17.7 Å². The van der Waals surface area contributed by atoms with E-state index >= 15 is 0 Å². The molecule has 1 unspecified atom stereocenters. The molecular formula is C15H21N3O3S. The Bertz CT molecular complexity index is 506. The molecule has 2 aliphatic heterocycles. The molecule has 3 rings (SSSR count). The molecule has 0 aliphatic carbocycles. The Morgan fingerprint density at radius 2 is 2.05 bits per heavy atom. The number of carbonyl (C=O) groups excluding carboxylic acids is 2. The van der Waals surface area contributed by atoms with Crippen molar-refractivity contribution in [1.82, 2.24) is 15.1 Å². The van der Waals surface area contributed by atoms with Crippen molar-refractivity contribution in [2.24, 2.45) is 0 Å². The number of amides is 3. The van der Waals surface area contributed by atoms with Gasteiger partial charge in [0.2, 0.25) is 0 Å². The van der Waals surface area contributed by atoms with Crippen LogP contribution in [-0.4, -0.2) is 60.6 Å². The van der Waals surface area contributed by atoms with E-state index in [9.17, 15) is 9.59 Å². The fourth-order valence-corrected chi connectivity index (χ4v) is 3.44. The number of nitrogens with one attached hydrogen (secondary N) is 1. The first-order chi connectivity index (χ1) is 10.7. The zero-order chi connectivity index (χ0) is 15.4. The lowest BCUT2D eigenvalue weighted by Crippen LogP contribution is -2.54. The van der Waals surface area contributed by atoms with Crippen LogP contribution in [0.4, 0.5) is 4.79 Å². The van der Waals surface area contributed by atoms with Gasteiger partial charge in [-0.3, -0.25) is 4.79 Å². The van der Waals surface area contributed by atoms with E-state index in [1.807, 2.05) is 22.4 Å². The molecule has 7 heteroatoms. The summed E-state index contributed by atoms with van der Waals surface area (Å²) in [5.41, 5.74) is 0. The second-order valence-electron chi connectivity index (χ2n) is 5.55. The minimum Gasteiger partial charge on any atom is -0.368 e. The van der Waals surface area contributed by atoms with E-state index in [-0.39, 0.29) is 18.0 Å². The largest absolute Gasteiger partial charge is 0.368 e. The quantitative estimate of drug-likeness (QED) is 0.911. The third kappa shape index (κ3) is 3.59. The fraction of sp³-hybridized carbons (Fsp3) is 0.600. The number of hydrogen-bond donors (Lipinski definition) is 1. The Balaban J connectivity index is 1.42. The normalized spacial score (nSPS) is 21.9. The zero-order valence-corrected chi connectivity index (χ0v) is 13.3. The molecule has 3 amide bonds. The second kappa shape index (κ2) is 7.11. The van der Waals surface area contributed by atoms with Crippen molar-refractivity contribution < 1.29 is 14.3 Å². The molecule has 0 radical (unpaired) electrons. The highest BCUT2D eigenvalue weighted by Crippen LogP contribution is 2.16. The van der Waals surface area contributed by atoms with Gasteiger partial charge >= 0.3 is 6.03 Å². The maximum absolute atomic E-state index is 12.2. The van der Waals surface area contributed by atoms with Crippen molar-refractivity contribution in [2.75, 3.05) is 32.8 Å². The number of carbonyl (C=O) groups is 2. The van der Waals surface area contributed by atoms with Gasteiger partial charge in [0.15, 0.2) is 0 Å². The first-order valence-electron chi connectivity index (χ1n) is 7.69. The van der Waals surface area contributed by atoms with E-state index in [1.165, 1.54) is 0 Å². The molecule has 3 heterocycles. The number of urea groups is 1. The van der Waals surface area contributed by atoms with Crippen molar-refractivity contribution in [1.29, 1.82) is 0 Å². The summed E-state index contributed by atoms with van der Waals surface area (Å²) in [6.45, 7) is 3.58. The van der Waals surface area contributed by atoms with Crippen LogP contribution in [0.5, 0.6) is 0 Å².